The topological polar surface area (TPSA) is 440 Å². The van der Waals surface area contributed by atoms with E-state index in [2.05, 4.69) is 51.4 Å². The summed E-state index contributed by atoms with van der Waals surface area (Å²) in [5, 5.41) is 39.4. The highest BCUT2D eigenvalue weighted by atomic mass is 19.2. The van der Waals surface area contributed by atoms with Gasteiger partial charge in [-0.15, -0.1) is 10.2 Å². The van der Waals surface area contributed by atoms with Crippen molar-refractivity contribution in [2.45, 2.75) is 103 Å². The standard InChI is InChI=1S/C19H17F3N4O4.C18H13F3N6O3.C18H15F3N4O4.C18H18F3N3O4.C18H17F2N5O3/c1-10-6-15(24-30-10)23-8-12-9-26(19(28)29-12)14-7-13(20)18(17(22)16(14)21)25-4-2-11(27)3-5-25;19-13-5-14(15(20)16(21)17(13)25-3-1-11(28)2-4-25)27-9-12(30-18(27)29)8-26-7-10(6-22)23-24-26;19-12-7-13(15(20)16(21)17(12)24-4-1-10(26)2-5-24)25-9-11(29-18(25)27)8-22-14-3-6-28-23-14;1-2-14(26)22-8-11-9-24(18(27)28-11)13-7-12(19)17(16(21)15(13)20)23-5-3-10(25)4-6-23;1-11-8-24(22-21-11)9-13-10-25(18(27)28-13)15-3-2-14(16(19)17(15)20)23-6-4-12(26)5-7-23/h2,4,6-7,12H,3,5,8-9H2,1H3,(H,23,24);1,3,5,7,12H,2,4,8-9H2;1,3-4,6-7,11H,2,5,8-9H2,(H,22,23);3,5,7,11H,2,4,6,8-9H2,1H3,(H,22,26);2-4,6,8,13H,5,7,9-10H2,1H3/t2*12-;2*11-;13-/m00000/s1. The number of benzene rings is 5. The number of allylic oxidation sites excluding steroid dienone is 5. The van der Waals surface area contributed by atoms with Crippen molar-refractivity contribution >= 4 is 134 Å². The predicted octanol–water partition coefficient (Wildman–Crippen LogP) is 12.3. The molecule has 3 N–H and O–H groups in total. The first-order valence-corrected chi connectivity index (χ1v) is 44.1. The summed E-state index contributed by atoms with van der Waals surface area (Å²) in [6, 6.07) is 10.6. The van der Waals surface area contributed by atoms with Crippen LogP contribution in [0.4, 0.5) is 154 Å². The first-order chi connectivity index (χ1) is 69.4. The summed E-state index contributed by atoms with van der Waals surface area (Å²) in [5.74, 6) is -17.6. The Bertz CT molecular complexity index is 6800. The Kier molecular flexibility index (Phi) is 31.2. The van der Waals surface area contributed by atoms with Crippen molar-refractivity contribution in [3.8, 4) is 6.07 Å². The van der Waals surface area contributed by atoms with Crippen molar-refractivity contribution in [3.05, 3.63) is 227 Å². The maximum atomic E-state index is 14.7. The quantitative estimate of drug-likeness (QED) is 0.0304. The number of aromatic nitrogens is 8. The molecular weight excluding hydrogens is 1960 g/mol. The van der Waals surface area contributed by atoms with Gasteiger partial charge in [-0.3, -0.25) is 53.3 Å². The van der Waals surface area contributed by atoms with E-state index >= 15 is 0 Å². The van der Waals surface area contributed by atoms with Gasteiger partial charge in [0.25, 0.3) is 0 Å². The molecular formula is C91H80F14N22O18. The number of cyclic esters (lactones) is 5. The number of hydrogen-bond acceptors (Lipinski definition) is 32. The number of nitriles is 1. The number of halogens is 14. The van der Waals surface area contributed by atoms with Crippen molar-refractivity contribution in [3.63, 3.8) is 0 Å². The number of carbonyl (C=O) groups is 11. The van der Waals surface area contributed by atoms with Gasteiger partial charge in [0.05, 0.1) is 111 Å². The zero-order valence-corrected chi connectivity index (χ0v) is 76.0. The number of amides is 6. The van der Waals surface area contributed by atoms with Gasteiger partial charge in [-0.25, -0.2) is 94.8 Å². The molecule has 0 saturated carbocycles. The highest BCUT2D eigenvalue weighted by Gasteiger charge is 2.44. The second-order valence-corrected chi connectivity index (χ2v) is 33.0. The highest BCUT2D eigenvalue weighted by molar-refractivity contribution is 5.98. The molecule has 760 valence electrons. The number of anilines is 12. The summed E-state index contributed by atoms with van der Waals surface area (Å²) in [6.45, 7) is 5.50. The van der Waals surface area contributed by atoms with Crippen LogP contribution < -0.4 is 64.9 Å². The number of carbonyl (C=O) groups excluding carboxylic acids is 11. The minimum absolute atomic E-state index is 0.00161. The number of aryl methyl sites for hydroxylation is 2. The lowest BCUT2D eigenvalue weighted by atomic mass is 10.1. The second kappa shape index (κ2) is 44.3. The lowest BCUT2D eigenvalue weighted by Gasteiger charge is -2.25. The van der Waals surface area contributed by atoms with Crippen LogP contribution in [0.2, 0.25) is 0 Å². The largest absolute Gasteiger partial charge is 0.442 e. The average Bonchev–Trinajstić information content (AvgIpc) is 1.76. The third-order valence-electron chi connectivity index (χ3n) is 23.0. The van der Waals surface area contributed by atoms with Crippen LogP contribution in [-0.2, 0) is 65.5 Å². The Labute approximate surface area is 809 Å². The normalized spacial score (nSPS) is 19.0. The SMILES string of the molecule is CCC(=O)NC[C@H]1CN(c2cc(F)c(N3C=CC(=O)CC3)c(F)c2F)C(=O)O1.Cc1cc(NC[C@H]2CN(c3cc(F)c(N4C=CC(=O)CC4)c(F)c3F)C(=O)O2)no1.Cc1cn(C[C@H]2CN(c3ccc(N4C=CC(=O)CC4)c(F)c3F)C(=O)O2)nn1.N#Cc1cn(C[C@H]2CN(c3cc(F)c(N4C=CC(=O)CC4)c(F)c3F)C(=O)O2)nn1.O=C1C=CN(c2c(F)cc(N3C[C@H](CNc4ccon4)OC3=O)c(F)c2F)CC1. The summed E-state index contributed by atoms with van der Waals surface area (Å²) < 4.78 is 243. The second-order valence-electron chi connectivity index (χ2n) is 33.0. The van der Waals surface area contributed by atoms with E-state index in [1.807, 2.05) is 0 Å². The summed E-state index contributed by atoms with van der Waals surface area (Å²) in [5.41, 5.74) is -4.23. The molecule has 6 amide bonds. The molecule has 5 fully saturated rings. The fraction of sp³-hybridized carbons (Fsp3) is 0.319. The van der Waals surface area contributed by atoms with Crippen LogP contribution >= 0.6 is 0 Å². The number of ketones is 5. The van der Waals surface area contributed by atoms with E-state index < -0.39 is 188 Å². The maximum Gasteiger partial charge on any atom is 0.414 e. The van der Waals surface area contributed by atoms with Crippen molar-refractivity contribution in [2.24, 2.45) is 0 Å². The van der Waals surface area contributed by atoms with Crippen molar-refractivity contribution in [2.75, 3.05) is 145 Å². The first kappa shape index (κ1) is 102. The van der Waals surface area contributed by atoms with Gasteiger partial charge in [0, 0.05) is 145 Å². The molecule has 5 saturated heterocycles. The fourth-order valence-corrected chi connectivity index (χ4v) is 15.8. The molecule has 40 nitrogen and oxygen atoms in total. The number of nitrogens with one attached hydrogen (secondary N) is 3. The van der Waals surface area contributed by atoms with E-state index in [1.54, 1.807) is 45.2 Å². The number of nitrogens with zero attached hydrogens (tertiary/aromatic N) is 19. The molecule has 10 aliphatic rings. The van der Waals surface area contributed by atoms with Gasteiger partial charge in [-0.05, 0) is 56.4 Å². The molecule has 14 heterocycles. The van der Waals surface area contributed by atoms with Crippen LogP contribution in [0.1, 0.15) is 62.6 Å². The number of rotatable bonds is 23. The smallest absolute Gasteiger partial charge is 0.414 e. The average molecular weight is 2040 g/mol. The van der Waals surface area contributed by atoms with Crippen LogP contribution in [0.5, 0.6) is 0 Å². The molecule has 0 aliphatic carbocycles. The zero-order valence-electron chi connectivity index (χ0n) is 76.0. The van der Waals surface area contributed by atoms with E-state index in [1.165, 1.54) is 88.1 Å². The Morgan fingerprint density at radius 2 is 0.724 bits per heavy atom. The van der Waals surface area contributed by atoms with Gasteiger partial charge >= 0.3 is 30.5 Å². The monoisotopic (exact) mass is 2030 g/mol. The molecule has 5 aromatic carbocycles. The lowest BCUT2D eigenvalue weighted by molar-refractivity contribution is -0.121. The van der Waals surface area contributed by atoms with Gasteiger partial charge in [0.15, 0.2) is 128 Å². The molecule has 0 bridgehead atoms. The van der Waals surface area contributed by atoms with Crippen molar-refractivity contribution in [1.82, 2.24) is 45.6 Å². The molecule has 19 rings (SSSR count). The number of hydrogen-bond donors (Lipinski definition) is 3. The van der Waals surface area contributed by atoms with Gasteiger partial charge < -0.3 is 73.2 Å². The van der Waals surface area contributed by atoms with Gasteiger partial charge in [0.2, 0.25) is 5.91 Å². The number of ether oxygens (including phenoxy) is 5. The Balaban J connectivity index is 0.000000136. The van der Waals surface area contributed by atoms with Crippen LogP contribution in [0.25, 0.3) is 0 Å². The van der Waals surface area contributed by atoms with Gasteiger partial charge in [-0.1, -0.05) is 27.7 Å². The van der Waals surface area contributed by atoms with Crippen LogP contribution in [0.15, 0.2) is 138 Å². The summed E-state index contributed by atoms with van der Waals surface area (Å²) in [7, 11) is 0. The molecule has 4 aromatic heterocycles. The maximum absolute atomic E-state index is 14.7. The lowest BCUT2D eigenvalue weighted by Crippen LogP contribution is -2.34. The van der Waals surface area contributed by atoms with E-state index in [0.29, 0.717) is 29.5 Å². The minimum atomic E-state index is -1.48. The van der Waals surface area contributed by atoms with Crippen LogP contribution in [0.3, 0.4) is 0 Å². The van der Waals surface area contributed by atoms with E-state index in [9.17, 15) is 114 Å². The highest BCUT2D eigenvalue weighted by Crippen LogP contribution is 2.42. The van der Waals surface area contributed by atoms with Crippen molar-refractivity contribution < 1.29 is 147 Å². The molecule has 0 radical (unpaired) electrons. The molecule has 9 aromatic rings. The molecule has 10 aliphatic heterocycles. The Morgan fingerprint density at radius 1 is 0.393 bits per heavy atom. The van der Waals surface area contributed by atoms with E-state index in [0.717, 1.165) is 74.1 Å². The van der Waals surface area contributed by atoms with Crippen LogP contribution in [-0.4, -0.2) is 221 Å². The molecule has 0 spiro atoms. The van der Waals surface area contributed by atoms with E-state index in [4.69, 9.17) is 33.5 Å². The summed E-state index contributed by atoms with van der Waals surface area (Å²) in [4.78, 5) is 138. The van der Waals surface area contributed by atoms with E-state index in [-0.39, 0.29) is 189 Å². The summed E-state index contributed by atoms with van der Waals surface area (Å²) in [6.07, 6.45) is 9.10. The zero-order chi connectivity index (χ0) is 104. The fourth-order valence-electron chi connectivity index (χ4n) is 15.8. The minimum Gasteiger partial charge on any atom is -0.442 e. The molecule has 54 heteroatoms. The van der Waals surface area contributed by atoms with Crippen LogP contribution in [0, 0.1) is 107 Å². The first-order valence-electron chi connectivity index (χ1n) is 44.1. The third-order valence-corrected chi connectivity index (χ3v) is 23.0. The Hall–Kier alpha value is -17.2. The third kappa shape index (κ3) is 23.3. The summed E-state index contributed by atoms with van der Waals surface area (Å²) >= 11 is 0. The Morgan fingerprint density at radius 3 is 1.06 bits per heavy atom. The van der Waals surface area contributed by atoms with Gasteiger partial charge in [-0.2, -0.15) is 5.26 Å². The predicted molar refractivity (Wildman–Crippen MR) is 478 cm³/mol. The molecule has 145 heavy (non-hydrogen) atoms. The van der Waals surface area contributed by atoms with Gasteiger partial charge in [0.1, 0.15) is 71.4 Å². The molecule has 0 unspecified atom stereocenters. The van der Waals surface area contributed by atoms with Crippen molar-refractivity contribution in [1.29, 1.82) is 5.26 Å². The molecule has 5 atom stereocenters.